The molecule has 0 spiro atoms. The van der Waals surface area contributed by atoms with Gasteiger partial charge in [0.25, 0.3) is 0 Å². The highest BCUT2D eigenvalue weighted by atomic mass is 16.1. The van der Waals surface area contributed by atoms with Gasteiger partial charge >= 0.3 is 0 Å². The summed E-state index contributed by atoms with van der Waals surface area (Å²) in [5.74, 6) is 0.751. The molecular weight excluding hydrogens is 172 g/mol. The van der Waals surface area contributed by atoms with Crippen LogP contribution in [0, 0.1) is 11.3 Å². The first kappa shape index (κ1) is 11.5. The van der Waals surface area contributed by atoms with Crippen LogP contribution in [0.2, 0.25) is 0 Å². The molecule has 0 aromatic rings. The molecule has 1 atom stereocenters. The summed E-state index contributed by atoms with van der Waals surface area (Å²) >= 11 is 0. The minimum absolute atomic E-state index is 0.496. The third-order valence-corrected chi connectivity index (χ3v) is 3.11. The summed E-state index contributed by atoms with van der Waals surface area (Å²) < 4.78 is 0. The molecular formula is C13H22O. The van der Waals surface area contributed by atoms with Gasteiger partial charge in [0.1, 0.15) is 6.29 Å². The van der Waals surface area contributed by atoms with Crippen LogP contribution in [0.1, 0.15) is 52.9 Å². The van der Waals surface area contributed by atoms with Gasteiger partial charge in [0.2, 0.25) is 0 Å². The topological polar surface area (TPSA) is 17.1 Å². The first-order chi connectivity index (χ1) is 6.55. The number of carbonyl (C=O) groups excluding carboxylic acids is 1. The van der Waals surface area contributed by atoms with Crippen LogP contribution < -0.4 is 0 Å². The van der Waals surface area contributed by atoms with Gasteiger partial charge in [-0.1, -0.05) is 32.4 Å². The van der Waals surface area contributed by atoms with Gasteiger partial charge in [-0.25, -0.2) is 0 Å². The number of aldehydes is 1. The van der Waals surface area contributed by atoms with Crippen LogP contribution in [0.4, 0.5) is 0 Å². The second-order valence-corrected chi connectivity index (χ2v) is 5.32. The van der Waals surface area contributed by atoms with Gasteiger partial charge in [0.15, 0.2) is 0 Å². The molecule has 0 aliphatic heterocycles. The molecule has 1 heteroatoms. The molecule has 0 radical (unpaired) electrons. The van der Waals surface area contributed by atoms with E-state index in [4.69, 9.17) is 0 Å². The number of allylic oxidation sites excluding steroid dienone is 2. The van der Waals surface area contributed by atoms with Crippen LogP contribution in [-0.4, -0.2) is 6.29 Å². The van der Waals surface area contributed by atoms with Crippen LogP contribution in [-0.2, 0) is 4.79 Å². The average Bonchev–Trinajstić information content (AvgIpc) is 2.34. The van der Waals surface area contributed by atoms with E-state index in [2.05, 4.69) is 26.8 Å². The smallest absolute Gasteiger partial charge is 0.120 e. The van der Waals surface area contributed by atoms with E-state index in [1.807, 2.05) is 0 Å². The Bertz CT molecular complexity index is 225. The molecule has 0 amide bonds. The Morgan fingerprint density at radius 1 is 1.43 bits per heavy atom. The van der Waals surface area contributed by atoms with Gasteiger partial charge in [-0.2, -0.15) is 0 Å². The van der Waals surface area contributed by atoms with Crippen molar-refractivity contribution in [1.29, 1.82) is 0 Å². The van der Waals surface area contributed by atoms with E-state index >= 15 is 0 Å². The van der Waals surface area contributed by atoms with Crippen molar-refractivity contribution >= 4 is 6.29 Å². The van der Waals surface area contributed by atoms with Gasteiger partial charge in [0.05, 0.1) is 0 Å². The fraction of sp³-hybridized carbons (Fsp3) is 0.769. The Balaban J connectivity index is 2.40. The summed E-state index contributed by atoms with van der Waals surface area (Å²) in [5.41, 5.74) is 2.11. The molecule has 0 heterocycles. The van der Waals surface area contributed by atoms with E-state index in [0.29, 0.717) is 11.8 Å². The monoisotopic (exact) mass is 194 g/mol. The van der Waals surface area contributed by atoms with Gasteiger partial charge < -0.3 is 4.79 Å². The van der Waals surface area contributed by atoms with Gasteiger partial charge in [-0.15, -0.1) is 0 Å². The fourth-order valence-electron chi connectivity index (χ4n) is 2.52. The maximum atomic E-state index is 10.1. The SMILES string of the molecule is CC1CC(C)(C)C/C1=C/CCCC=O. The first-order valence-corrected chi connectivity index (χ1v) is 5.68. The van der Waals surface area contributed by atoms with Crippen molar-refractivity contribution in [1.82, 2.24) is 0 Å². The van der Waals surface area contributed by atoms with Crippen molar-refractivity contribution in [2.75, 3.05) is 0 Å². The van der Waals surface area contributed by atoms with Gasteiger partial charge in [0, 0.05) is 6.42 Å². The summed E-state index contributed by atoms with van der Waals surface area (Å²) in [7, 11) is 0. The molecule has 80 valence electrons. The van der Waals surface area contributed by atoms with Crippen LogP contribution in [0.15, 0.2) is 11.6 Å². The molecule has 1 fully saturated rings. The number of carbonyl (C=O) groups is 1. The zero-order chi connectivity index (χ0) is 10.6. The summed E-state index contributed by atoms with van der Waals surface area (Å²) in [6.45, 7) is 7.01. The minimum atomic E-state index is 0.496. The van der Waals surface area contributed by atoms with Crippen molar-refractivity contribution in [2.45, 2.75) is 52.9 Å². The highest BCUT2D eigenvalue weighted by molar-refractivity contribution is 5.49. The normalized spacial score (nSPS) is 28.2. The quantitative estimate of drug-likeness (QED) is 0.378. The van der Waals surface area contributed by atoms with Gasteiger partial charge in [-0.05, 0) is 37.0 Å². The van der Waals surface area contributed by atoms with Crippen LogP contribution in [0.5, 0.6) is 0 Å². The van der Waals surface area contributed by atoms with E-state index in [9.17, 15) is 4.79 Å². The lowest BCUT2D eigenvalue weighted by Gasteiger charge is -2.14. The van der Waals surface area contributed by atoms with E-state index < -0.39 is 0 Å². The van der Waals surface area contributed by atoms with Gasteiger partial charge in [-0.3, -0.25) is 0 Å². The molecule has 0 aromatic carbocycles. The third-order valence-electron chi connectivity index (χ3n) is 3.11. The second kappa shape index (κ2) is 4.77. The number of rotatable bonds is 4. The van der Waals surface area contributed by atoms with Crippen molar-refractivity contribution in [3.8, 4) is 0 Å². The predicted octanol–water partition coefficient (Wildman–Crippen LogP) is 3.74. The lowest BCUT2D eigenvalue weighted by Crippen LogP contribution is -2.03. The molecule has 1 aliphatic carbocycles. The summed E-state index contributed by atoms with van der Waals surface area (Å²) in [6.07, 6.45) is 8.74. The average molecular weight is 194 g/mol. The maximum Gasteiger partial charge on any atom is 0.120 e. The molecule has 1 rings (SSSR count). The number of hydrogen-bond acceptors (Lipinski definition) is 1. The summed E-state index contributed by atoms with van der Waals surface area (Å²) in [6, 6.07) is 0. The van der Waals surface area contributed by atoms with Crippen molar-refractivity contribution in [3.63, 3.8) is 0 Å². The lowest BCUT2D eigenvalue weighted by molar-refractivity contribution is -0.107. The minimum Gasteiger partial charge on any atom is -0.303 e. The Hall–Kier alpha value is -0.590. The van der Waals surface area contributed by atoms with Crippen molar-refractivity contribution in [2.24, 2.45) is 11.3 Å². The van der Waals surface area contributed by atoms with E-state index in [0.717, 1.165) is 25.0 Å². The molecule has 0 aromatic heterocycles. The van der Waals surface area contributed by atoms with Crippen LogP contribution >= 0.6 is 0 Å². The van der Waals surface area contributed by atoms with Crippen molar-refractivity contribution in [3.05, 3.63) is 11.6 Å². The highest BCUT2D eigenvalue weighted by Crippen LogP contribution is 2.44. The zero-order valence-corrected chi connectivity index (χ0v) is 9.68. The van der Waals surface area contributed by atoms with Crippen LogP contribution in [0.3, 0.4) is 0 Å². The van der Waals surface area contributed by atoms with E-state index in [-0.39, 0.29) is 0 Å². The molecule has 1 aliphatic rings. The third kappa shape index (κ3) is 3.28. The Labute approximate surface area is 87.6 Å². The summed E-state index contributed by atoms with van der Waals surface area (Å²) in [5, 5.41) is 0. The maximum absolute atomic E-state index is 10.1. The highest BCUT2D eigenvalue weighted by Gasteiger charge is 2.31. The Morgan fingerprint density at radius 2 is 2.14 bits per heavy atom. The molecule has 1 saturated carbocycles. The first-order valence-electron chi connectivity index (χ1n) is 5.68. The second-order valence-electron chi connectivity index (χ2n) is 5.32. The fourth-order valence-corrected chi connectivity index (χ4v) is 2.52. The lowest BCUT2D eigenvalue weighted by atomic mass is 9.91. The number of unbranched alkanes of at least 4 members (excludes halogenated alkanes) is 2. The van der Waals surface area contributed by atoms with Crippen LogP contribution in [0.25, 0.3) is 0 Å². The number of hydrogen-bond donors (Lipinski definition) is 0. The van der Waals surface area contributed by atoms with E-state index in [1.54, 1.807) is 5.57 Å². The standard InChI is InChI=1S/C13H22O/c1-11-9-13(2,3)10-12(11)7-5-4-6-8-14/h7-8,11H,4-6,9-10H2,1-3H3/b12-7-. The Morgan fingerprint density at radius 3 is 2.64 bits per heavy atom. The molecule has 1 nitrogen and oxygen atoms in total. The molecule has 0 bridgehead atoms. The molecule has 14 heavy (non-hydrogen) atoms. The summed E-state index contributed by atoms with van der Waals surface area (Å²) in [4.78, 5) is 10.1. The molecule has 0 N–H and O–H groups in total. The van der Waals surface area contributed by atoms with E-state index in [1.165, 1.54) is 12.8 Å². The predicted molar refractivity (Wildman–Crippen MR) is 60.2 cm³/mol. The molecule has 0 saturated heterocycles. The Kier molecular flexibility index (Phi) is 3.91. The zero-order valence-electron chi connectivity index (χ0n) is 9.68. The largest absolute Gasteiger partial charge is 0.303 e. The van der Waals surface area contributed by atoms with Crippen molar-refractivity contribution < 1.29 is 4.79 Å². The molecule has 1 unspecified atom stereocenters.